The van der Waals surface area contributed by atoms with Crippen molar-refractivity contribution in [1.29, 1.82) is 0 Å². The summed E-state index contributed by atoms with van der Waals surface area (Å²) in [4.78, 5) is 7.90. The monoisotopic (exact) mass is 288 g/mol. The molecule has 0 aliphatic carbocycles. The van der Waals surface area contributed by atoms with Crippen LogP contribution >= 0.6 is 34.8 Å². The number of methoxy groups -OCH3 is 1. The fourth-order valence-electron chi connectivity index (χ4n) is 1.35. The van der Waals surface area contributed by atoms with Crippen molar-refractivity contribution in [2.75, 3.05) is 7.11 Å². The lowest BCUT2D eigenvalue weighted by molar-refractivity contribution is 0.415. The lowest BCUT2D eigenvalue weighted by Crippen LogP contribution is -1.90. The number of hydrogen-bond donors (Lipinski definition) is 0. The molecule has 0 fully saturated rings. The summed E-state index contributed by atoms with van der Waals surface area (Å²) in [5, 5.41) is 1.14. The van der Waals surface area contributed by atoms with E-state index in [2.05, 4.69) is 9.97 Å². The van der Waals surface area contributed by atoms with E-state index >= 15 is 0 Å². The molecule has 17 heavy (non-hydrogen) atoms. The molecule has 1 heterocycles. The first-order valence-electron chi connectivity index (χ1n) is 4.62. The Bertz CT molecular complexity index is 560. The molecule has 1 aromatic heterocycles. The highest BCUT2D eigenvalue weighted by molar-refractivity contribution is 6.43. The largest absolute Gasteiger partial charge is 0.497 e. The van der Waals surface area contributed by atoms with Crippen LogP contribution < -0.4 is 4.74 Å². The molecule has 0 aliphatic rings. The summed E-state index contributed by atoms with van der Waals surface area (Å²) in [6, 6.07) is 4.99. The Morgan fingerprint density at radius 1 is 1.06 bits per heavy atom. The first kappa shape index (κ1) is 12.4. The first-order chi connectivity index (χ1) is 8.11. The van der Waals surface area contributed by atoms with Gasteiger partial charge in [-0.2, -0.15) is 0 Å². The minimum atomic E-state index is 0.338. The van der Waals surface area contributed by atoms with E-state index in [-0.39, 0.29) is 0 Å². The van der Waals surface area contributed by atoms with Crippen LogP contribution in [0.25, 0.3) is 11.3 Å². The molecule has 6 heteroatoms. The maximum absolute atomic E-state index is 6.12. The van der Waals surface area contributed by atoms with Crippen molar-refractivity contribution in [3.05, 3.63) is 39.7 Å². The van der Waals surface area contributed by atoms with Gasteiger partial charge in [0.05, 0.1) is 22.8 Å². The van der Waals surface area contributed by atoms with Crippen molar-refractivity contribution in [2.24, 2.45) is 0 Å². The van der Waals surface area contributed by atoms with Crippen molar-refractivity contribution in [3.8, 4) is 17.0 Å². The molecule has 0 unspecified atom stereocenters. The van der Waals surface area contributed by atoms with Crippen LogP contribution in [-0.2, 0) is 0 Å². The van der Waals surface area contributed by atoms with Crippen molar-refractivity contribution < 1.29 is 4.74 Å². The zero-order valence-corrected chi connectivity index (χ0v) is 11.0. The van der Waals surface area contributed by atoms with Crippen LogP contribution in [0.1, 0.15) is 0 Å². The number of rotatable bonds is 2. The molecule has 1 aromatic carbocycles. The minimum absolute atomic E-state index is 0.338. The number of halogens is 3. The second kappa shape index (κ2) is 5.08. The van der Waals surface area contributed by atoms with Gasteiger partial charge >= 0.3 is 0 Å². The van der Waals surface area contributed by atoms with Gasteiger partial charge in [0.2, 0.25) is 0 Å². The van der Waals surface area contributed by atoms with Gasteiger partial charge in [-0.1, -0.05) is 34.8 Å². The summed E-state index contributed by atoms with van der Waals surface area (Å²) < 4.78 is 5.12. The van der Waals surface area contributed by atoms with Gasteiger partial charge in [-0.15, -0.1) is 0 Å². The number of benzene rings is 1. The molecule has 0 spiro atoms. The van der Waals surface area contributed by atoms with Crippen LogP contribution in [0.2, 0.25) is 15.2 Å². The van der Waals surface area contributed by atoms with E-state index in [1.165, 1.54) is 6.33 Å². The van der Waals surface area contributed by atoms with Gasteiger partial charge in [-0.05, 0) is 6.07 Å². The maximum Gasteiger partial charge on any atom is 0.133 e. The fraction of sp³-hybridized carbons (Fsp3) is 0.0909. The van der Waals surface area contributed by atoms with Crippen molar-refractivity contribution in [3.63, 3.8) is 0 Å². The highest BCUT2D eigenvalue weighted by Crippen LogP contribution is 2.36. The summed E-state index contributed by atoms with van der Waals surface area (Å²) >= 11 is 17.9. The second-order valence-electron chi connectivity index (χ2n) is 3.20. The summed E-state index contributed by atoms with van der Waals surface area (Å²) in [6.45, 7) is 0. The summed E-state index contributed by atoms with van der Waals surface area (Å²) in [5.41, 5.74) is 1.25. The Labute approximate surface area is 113 Å². The molecule has 0 amide bonds. The molecule has 0 N–H and O–H groups in total. The first-order valence-corrected chi connectivity index (χ1v) is 5.76. The predicted octanol–water partition coefficient (Wildman–Crippen LogP) is 4.11. The van der Waals surface area contributed by atoms with E-state index in [1.807, 2.05) is 0 Å². The minimum Gasteiger partial charge on any atom is -0.497 e. The number of aromatic nitrogens is 2. The van der Waals surface area contributed by atoms with E-state index in [9.17, 15) is 0 Å². The van der Waals surface area contributed by atoms with Crippen LogP contribution in [0.4, 0.5) is 0 Å². The highest BCUT2D eigenvalue weighted by Gasteiger charge is 2.11. The molecule has 0 aliphatic heterocycles. The third-order valence-corrected chi connectivity index (χ3v) is 3.16. The van der Waals surface area contributed by atoms with Crippen molar-refractivity contribution in [1.82, 2.24) is 9.97 Å². The lowest BCUT2D eigenvalue weighted by Gasteiger charge is -2.08. The van der Waals surface area contributed by atoms with Crippen molar-refractivity contribution in [2.45, 2.75) is 0 Å². The zero-order valence-electron chi connectivity index (χ0n) is 8.75. The lowest BCUT2D eigenvalue weighted by atomic mass is 10.1. The standard InChI is InChI=1S/C11H7Cl3N2O/c1-17-6-2-7(11(14)8(12)3-6)9-4-10(13)16-5-15-9/h2-5H,1H3. The van der Waals surface area contributed by atoms with Gasteiger partial charge < -0.3 is 4.74 Å². The molecule has 3 nitrogen and oxygen atoms in total. The average Bonchev–Trinajstić information content (AvgIpc) is 2.32. The molecule has 0 saturated heterocycles. The summed E-state index contributed by atoms with van der Waals surface area (Å²) in [6.07, 6.45) is 1.36. The SMILES string of the molecule is COc1cc(Cl)c(Cl)c(-c2cc(Cl)ncn2)c1. The van der Waals surface area contributed by atoms with E-state index in [1.54, 1.807) is 25.3 Å². The van der Waals surface area contributed by atoms with Crippen molar-refractivity contribution >= 4 is 34.8 Å². The van der Waals surface area contributed by atoms with Crippen LogP contribution in [0.15, 0.2) is 24.5 Å². The number of hydrogen-bond acceptors (Lipinski definition) is 3. The third kappa shape index (κ3) is 2.63. The van der Waals surface area contributed by atoms with E-state index < -0.39 is 0 Å². The zero-order chi connectivity index (χ0) is 12.4. The van der Waals surface area contributed by atoms with Gasteiger partial charge in [0.1, 0.15) is 17.2 Å². The van der Waals surface area contributed by atoms with E-state index in [4.69, 9.17) is 39.5 Å². The topological polar surface area (TPSA) is 35.0 Å². The van der Waals surface area contributed by atoms with Crippen LogP contribution in [0.3, 0.4) is 0 Å². The van der Waals surface area contributed by atoms with E-state index in [0.717, 1.165) is 0 Å². The number of nitrogens with zero attached hydrogens (tertiary/aromatic N) is 2. The molecule has 2 aromatic rings. The number of ether oxygens (including phenoxy) is 1. The normalized spacial score (nSPS) is 10.4. The predicted molar refractivity (Wildman–Crippen MR) is 69.1 cm³/mol. The highest BCUT2D eigenvalue weighted by atomic mass is 35.5. The van der Waals surface area contributed by atoms with Gasteiger partial charge in [0.15, 0.2) is 0 Å². The molecular formula is C11H7Cl3N2O. The Balaban J connectivity index is 2.62. The Morgan fingerprint density at radius 2 is 1.82 bits per heavy atom. The van der Waals surface area contributed by atoms with Gasteiger partial charge in [-0.25, -0.2) is 9.97 Å². The van der Waals surface area contributed by atoms with Gasteiger partial charge in [-0.3, -0.25) is 0 Å². The second-order valence-corrected chi connectivity index (χ2v) is 4.37. The van der Waals surface area contributed by atoms with Crippen LogP contribution in [0.5, 0.6) is 5.75 Å². The van der Waals surface area contributed by atoms with Crippen LogP contribution in [-0.4, -0.2) is 17.1 Å². The maximum atomic E-state index is 6.12. The molecule has 0 bridgehead atoms. The molecule has 88 valence electrons. The fourth-order valence-corrected chi connectivity index (χ4v) is 1.91. The van der Waals surface area contributed by atoms with Gasteiger partial charge in [0.25, 0.3) is 0 Å². The average molecular weight is 290 g/mol. The Hall–Kier alpha value is -1.03. The Kier molecular flexibility index (Phi) is 3.72. The van der Waals surface area contributed by atoms with Crippen LogP contribution in [0, 0.1) is 0 Å². The molecule has 0 radical (unpaired) electrons. The molecule has 0 saturated carbocycles. The molecular weight excluding hydrogens is 282 g/mol. The quantitative estimate of drug-likeness (QED) is 0.780. The smallest absolute Gasteiger partial charge is 0.133 e. The summed E-state index contributed by atoms with van der Waals surface area (Å²) in [7, 11) is 1.55. The van der Waals surface area contributed by atoms with Gasteiger partial charge in [0, 0.05) is 17.7 Å². The molecule has 2 rings (SSSR count). The molecule has 0 atom stereocenters. The van der Waals surface area contributed by atoms with E-state index in [0.29, 0.717) is 32.2 Å². The summed E-state index contributed by atoms with van der Waals surface area (Å²) in [5.74, 6) is 0.601. The third-order valence-electron chi connectivity index (χ3n) is 2.15. The Morgan fingerprint density at radius 3 is 2.47 bits per heavy atom.